The van der Waals surface area contributed by atoms with Gasteiger partial charge in [-0.15, -0.1) is 0 Å². The molecule has 0 aromatic heterocycles. The largest absolute Gasteiger partial charge is 0.379 e. The Hall–Kier alpha value is -2.28. The summed E-state index contributed by atoms with van der Waals surface area (Å²) in [6.07, 6.45) is 0. The van der Waals surface area contributed by atoms with Crippen LogP contribution in [0.1, 0.15) is 12.5 Å². The maximum atomic E-state index is 13.4. The molecule has 3 rings (SSSR count). The van der Waals surface area contributed by atoms with Crippen LogP contribution in [0.5, 0.6) is 0 Å². The zero-order valence-corrected chi connectivity index (χ0v) is 16.3. The lowest BCUT2D eigenvalue weighted by Gasteiger charge is -2.34. The van der Waals surface area contributed by atoms with Crippen LogP contribution in [-0.4, -0.2) is 61.1 Å². The second-order valence-corrected chi connectivity index (χ2v) is 7.21. The predicted octanol–water partition coefficient (Wildman–Crippen LogP) is 2.99. The van der Waals surface area contributed by atoms with E-state index in [-0.39, 0.29) is 24.3 Å². The van der Waals surface area contributed by atoms with Crippen molar-refractivity contribution in [2.75, 3.05) is 44.7 Å². The number of amides is 1. The number of rotatable bonds is 8. The average molecular weight is 385 g/mol. The van der Waals surface area contributed by atoms with Gasteiger partial charge in [-0.1, -0.05) is 36.4 Å². The Morgan fingerprint density at radius 1 is 1.18 bits per heavy atom. The normalized spacial score (nSPS) is 16.1. The Balaban J connectivity index is 1.64. The van der Waals surface area contributed by atoms with Crippen molar-refractivity contribution in [2.45, 2.75) is 19.5 Å². The number of carbonyl (C=O) groups is 1. The summed E-state index contributed by atoms with van der Waals surface area (Å²) in [5.74, 6) is -0.505. The molecule has 1 saturated heterocycles. The smallest absolute Gasteiger partial charge is 0.238 e. The summed E-state index contributed by atoms with van der Waals surface area (Å²) in [5, 5.41) is 2.80. The summed E-state index contributed by atoms with van der Waals surface area (Å²) in [7, 11) is 0. The van der Waals surface area contributed by atoms with Crippen molar-refractivity contribution in [3.8, 4) is 0 Å². The van der Waals surface area contributed by atoms with Crippen LogP contribution in [0.3, 0.4) is 0 Å². The Kier molecular flexibility index (Phi) is 7.54. The molecule has 0 spiro atoms. The zero-order chi connectivity index (χ0) is 19.8. The number of benzene rings is 2. The molecular weight excluding hydrogens is 357 g/mol. The van der Waals surface area contributed by atoms with Crippen LogP contribution in [-0.2, 0) is 16.1 Å². The molecule has 1 atom stereocenters. The van der Waals surface area contributed by atoms with Crippen LogP contribution in [0.15, 0.2) is 54.6 Å². The van der Waals surface area contributed by atoms with Gasteiger partial charge in [0.2, 0.25) is 5.91 Å². The van der Waals surface area contributed by atoms with Gasteiger partial charge in [-0.3, -0.25) is 14.6 Å². The van der Waals surface area contributed by atoms with Gasteiger partial charge < -0.3 is 10.1 Å². The Morgan fingerprint density at radius 3 is 2.64 bits per heavy atom. The van der Waals surface area contributed by atoms with E-state index in [0.717, 1.165) is 38.4 Å². The van der Waals surface area contributed by atoms with Crippen molar-refractivity contribution in [2.24, 2.45) is 0 Å². The first kappa shape index (κ1) is 20.5. The lowest BCUT2D eigenvalue weighted by molar-refractivity contribution is -0.118. The highest BCUT2D eigenvalue weighted by molar-refractivity contribution is 5.92. The number of nitrogens with one attached hydrogen (secondary N) is 1. The maximum Gasteiger partial charge on any atom is 0.238 e. The molecule has 1 amide bonds. The lowest BCUT2D eigenvalue weighted by Crippen LogP contribution is -2.47. The van der Waals surface area contributed by atoms with Gasteiger partial charge in [0, 0.05) is 37.9 Å². The van der Waals surface area contributed by atoms with E-state index in [2.05, 4.69) is 34.2 Å². The SMILES string of the molecule is CC(CN1CCOCC1)N(CC(=O)Nc1cccc(F)c1)Cc1ccccc1. The average Bonchev–Trinajstić information content (AvgIpc) is 2.69. The summed E-state index contributed by atoms with van der Waals surface area (Å²) in [6, 6.07) is 16.3. The van der Waals surface area contributed by atoms with E-state index in [1.165, 1.54) is 12.1 Å². The van der Waals surface area contributed by atoms with Gasteiger partial charge >= 0.3 is 0 Å². The molecule has 0 aliphatic carbocycles. The number of nitrogens with zero attached hydrogens (tertiary/aromatic N) is 2. The van der Waals surface area contributed by atoms with Gasteiger partial charge in [0.25, 0.3) is 0 Å². The fraction of sp³-hybridized carbons (Fsp3) is 0.409. The van der Waals surface area contributed by atoms with Crippen LogP contribution in [0.25, 0.3) is 0 Å². The van der Waals surface area contributed by atoms with E-state index in [9.17, 15) is 9.18 Å². The number of carbonyl (C=O) groups excluding carboxylic acids is 1. The van der Waals surface area contributed by atoms with Gasteiger partial charge in [-0.2, -0.15) is 0 Å². The number of morpholine rings is 1. The third-order valence-electron chi connectivity index (χ3n) is 4.93. The van der Waals surface area contributed by atoms with E-state index in [1.54, 1.807) is 12.1 Å². The van der Waals surface area contributed by atoms with E-state index in [1.807, 2.05) is 18.2 Å². The highest BCUT2D eigenvalue weighted by atomic mass is 19.1. The number of ether oxygens (including phenoxy) is 1. The summed E-state index contributed by atoms with van der Waals surface area (Å²) in [4.78, 5) is 17.1. The van der Waals surface area contributed by atoms with E-state index >= 15 is 0 Å². The van der Waals surface area contributed by atoms with Gasteiger partial charge in [-0.05, 0) is 30.7 Å². The van der Waals surface area contributed by atoms with Crippen LogP contribution in [0, 0.1) is 5.82 Å². The van der Waals surface area contributed by atoms with Gasteiger partial charge in [0.05, 0.1) is 19.8 Å². The van der Waals surface area contributed by atoms with E-state index < -0.39 is 0 Å². The molecule has 1 aliphatic heterocycles. The summed E-state index contributed by atoms with van der Waals surface area (Å²) in [5.41, 5.74) is 1.64. The number of halogens is 1. The van der Waals surface area contributed by atoms with Crippen LogP contribution < -0.4 is 5.32 Å². The van der Waals surface area contributed by atoms with Gasteiger partial charge in [0.1, 0.15) is 5.82 Å². The molecule has 2 aromatic rings. The summed E-state index contributed by atoms with van der Waals surface area (Å²) in [6.45, 7) is 7.30. The molecule has 0 radical (unpaired) electrons. The number of hydrogen-bond donors (Lipinski definition) is 1. The highest BCUT2D eigenvalue weighted by Crippen LogP contribution is 2.13. The molecule has 1 heterocycles. The zero-order valence-electron chi connectivity index (χ0n) is 16.3. The standard InChI is InChI=1S/C22H28FN3O2/c1-18(15-25-10-12-28-13-11-25)26(16-19-6-3-2-4-7-19)17-22(27)24-21-9-5-8-20(23)14-21/h2-9,14,18H,10-13,15-17H2,1H3,(H,24,27). The van der Waals surface area contributed by atoms with Crippen molar-refractivity contribution < 1.29 is 13.9 Å². The first-order chi connectivity index (χ1) is 13.6. The van der Waals surface area contributed by atoms with Crippen molar-refractivity contribution in [3.63, 3.8) is 0 Å². The molecule has 1 N–H and O–H groups in total. The summed E-state index contributed by atoms with van der Waals surface area (Å²) >= 11 is 0. The fourth-order valence-electron chi connectivity index (χ4n) is 3.41. The second-order valence-electron chi connectivity index (χ2n) is 7.21. The molecule has 1 fully saturated rings. The first-order valence-electron chi connectivity index (χ1n) is 9.73. The lowest BCUT2D eigenvalue weighted by atomic mass is 10.1. The topological polar surface area (TPSA) is 44.8 Å². The minimum atomic E-state index is -0.361. The Bertz CT molecular complexity index is 750. The van der Waals surface area contributed by atoms with E-state index in [4.69, 9.17) is 4.74 Å². The van der Waals surface area contributed by atoms with Gasteiger partial charge in [-0.25, -0.2) is 4.39 Å². The third kappa shape index (κ3) is 6.41. The quantitative estimate of drug-likeness (QED) is 0.759. The summed E-state index contributed by atoms with van der Waals surface area (Å²) < 4.78 is 18.8. The molecular formula is C22H28FN3O2. The van der Waals surface area contributed by atoms with Crippen molar-refractivity contribution >= 4 is 11.6 Å². The monoisotopic (exact) mass is 385 g/mol. The first-order valence-corrected chi connectivity index (χ1v) is 9.73. The minimum Gasteiger partial charge on any atom is -0.379 e. The predicted molar refractivity (Wildman–Crippen MR) is 109 cm³/mol. The third-order valence-corrected chi connectivity index (χ3v) is 4.93. The van der Waals surface area contributed by atoms with Crippen molar-refractivity contribution in [3.05, 3.63) is 66.0 Å². The van der Waals surface area contributed by atoms with E-state index in [0.29, 0.717) is 12.2 Å². The number of anilines is 1. The van der Waals surface area contributed by atoms with Crippen LogP contribution >= 0.6 is 0 Å². The Morgan fingerprint density at radius 2 is 1.93 bits per heavy atom. The molecule has 0 bridgehead atoms. The van der Waals surface area contributed by atoms with Crippen LogP contribution in [0.4, 0.5) is 10.1 Å². The van der Waals surface area contributed by atoms with Gasteiger partial charge in [0.15, 0.2) is 0 Å². The molecule has 1 unspecified atom stereocenters. The minimum absolute atomic E-state index is 0.143. The Labute approximate surface area is 166 Å². The maximum absolute atomic E-state index is 13.4. The van der Waals surface area contributed by atoms with Crippen molar-refractivity contribution in [1.82, 2.24) is 9.80 Å². The molecule has 1 aliphatic rings. The molecule has 5 nitrogen and oxygen atoms in total. The molecule has 150 valence electrons. The van der Waals surface area contributed by atoms with Crippen LogP contribution in [0.2, 0.25) is 0 Å². The number of hydrogen-bond acceptors (Lipinski definition) is 4. The molecule has 6 heteroatoms. The second kappa shape index (κ2) is 10.3. The van der Waals surface area contributed by atoms with Crippen molar-refractivity contribution in [1.29, 1.82) is 0 Å². The highest BCUT2D eigenvalue weighted by Gasteiger charge is 2.21. The fourth-order valence-corrected chi connectivity index (χ4v) is 3.41. The molecule has 2 aromatic carbocycles. The molecule has 28 heavy (non-hydrogen) atoms. The molecule has 0 saturated carbocycles.